The second kappa shape index (κ2) is 8.19. The van der Waals surface area contributed by atoms with Crippen LogP contribution in [0, 0.1) is 0 Å². The van der Waals surface area contributed by atoms with Crippen LogP contribution in [0.2, 0.25) is 0 Å². The first-order valence-electron chi connectivity index (χ1n) is 9.95. The molecule has 0 saturated heterocycles. The van der Waals surface area contributed by atoms with E-state index in [2.05, 4.69) is 0 Å². The van der Waals surface area contributed by atoms with E-state index in [-0.39, 0.29) is 12.1 Å². The third-order valence-electron chi connectivity index (χ3n) is 5.04. The number of carbonyl (C=O) groups is 1. The molecular weight excluding hydrogens is 381 g/mol. The maximum Gasteiger partial charge on any atom is 0.258 e. The summed E-state index contributed by atoms with van der Waals surface area (Å²) in [6.45, 7) is 3.16. The van der Waals surface area contributed by atoms with Crippen molar-refractivity contribution in [2.24, 2.45) is 0 Å². The SMILES string of the molecule is CC1(C)Cc2cccc(CN(C(=O)CF)c3ccccc3Oc3ccccc3)c2O1. The van der Waals surface area contributed by atoms with Crippen molar-refractivity contribution in [3.05, 3.63) is 83.9 Å². The van der Waals surface area contributed by atoms with Crippen LogP contribution in [0.4, 0.5) is 10.1 Å². The molecular formula is C25H24FNO3. The number of benzene rings is 3. The van der Waals surface area contributed by atoms with E-state index in [1.165, 1.54) is 4.90 Å². The van der Waals surface area contributed by atoms with Crippen molar-refractivity contribution >= 4 is 11.6 Å². The number of fused-ring (bicyclic) bond motifs is 1. The Morgan fingerprint density at radius 1 is 1.03 bits per heavy atom. The third kappa shape index (κ3) is 4.15. The maximum absolute atomic E-state index is 13.5. The standard InChI is InChI=1S/C25H24FNO3/c1-25(2)15-18-9-8-10-19(24(18)30-25)17-27(23(28)16-26)21-13-6-7-14-22(21)29-20-11-4-3-5-12-20/h3-14H,15-17H2,1-2H3. The highest BCUT2D eigenvalue weighted by Gasteiger charge is 2.32. The number of nitrogens with zero attached hydrogens (tertiary/aromatic N) is 1. The van der Waals surface area contributed by atoms with Crippen LogP contribution in [-0.2, 0) is 17.8 Å². The van der Waals surface area contributed by atoms with E-state index in [0.717, 1.165) is 23.3 Å². The summed E-state index contributed by atoms with van der Waals surface area (Å²) in [5.41, 5.74) is 2.15. The highest BCUT2D eigenvalue weighted by atomic mass is 19.1. The van der Waals surface area contributed by atoms with E-state index in [0.29, 0.717) is 17.2 Å². The predicted molar refractivity (Wildman–Crippen MR) is 115 cm³/mol. The molecule has 1 aliphatic heterocycles. The molecule has 30 heavy (non-hydrogen) atoms. The Morgan fingerprint density at radius 2 is 1.77 bits per heavy atom. The van der Waals surface area contributed by atoms with E-state index in [1.54, 1.807) is 18.2 Å². The van der Waals surface area contributed by atoms with Crippen LogP contribution in [0.5, 0.6) is 17.2 Å². The summed E-state index contributed by atoms with van der Waals surface area (Å²) >= 11 is 0. The minimum absolute atomic E-state index is 0.192. The van der Waals surface area contributed by atoms with Crippen LogP contribution in [0.1, 0.15) is 25.0 Å². The van der Waals surface area contributed by atoms with Crippen LogP contribution >= 0.6 is 0 Å². The van der Waals surface area contributed by atoms with Crippen molar-refractivity contribution in [3.8, 4) is 17.2 Å². The first-order chi connectivity index (χ1) is 14.5. The van der Waals surface area contributed by atoms with Gasteiger partial charge in [0.05, 0.1) is 12.2 Å². The number of hydrogen-bond donors (Lipinski definition) is 0. The average molecular weight is 405 g/mol. The lowest BCUT2D eigenvalue weighted by molar-refractivity contribution is -0.119. The van der Waals surface area contributed by atoms with E-state index >= 15 is 0 Å². The monoisotopic (exact) mass is 405 g/mol. The normalized spacial score (nSPS) is 14.0. The molecule has 0 aliphatic carbocycles. The van der Waals surface area contributed by atoms with Gasteiger partial charge in [-0.05, 0) is 43.7 Å². The lowest BCUT2D eigenvalue weighted by atomic mass is 10.0. The zero-order valence-corrected chi connectivity index (χ0v) is 17.1. The Hall–Kier alpha value is -3.34. The molecule has 0 atom stereocenters. The lowest BCUT2D eigenvalue weighted by Gasteiger charge is -2.25. The minimum atomic E-state index is -1.10. The fourth-order valence-corrected chi connectivity index (χ4v) is 3.74. The van der Waals surface area contributed by atoms with Crippen LogP contribution in [0.15, 0.2) is 72.8 Å². The van der Waals surface area contributed by atoms with Crippen LogP contribution in [0.3, 0.4) is 0 Å². The topological polar surface area (TPSA) is 38.8 Å². The molecule has 0 bridgehead atoms. The number of carbonyl (C=O) groups excluding carboxylic acids is 1. The summed E-state index contributed by atoms with van der Waals surface area (Å²) in [6, 6.07) is 22.4. The number of halogens is 1. The Kier molecular flexibility index (Phi) is 5.44. The van der Waals surface area contributed by atoms with E-state index in [1.807, 2.05) is 68.4 Å². The highest BCUT2D eigenvalue weighted by molar-refractivity contribution is 5.95. The second-order valence-corrected chi connectivity index (χ2v) is 7.94. The van der Waals surface area contributed by atoms with Crippen LogP contribution < -0.4 is 14.4 Å². The van der Waals surface area contributed by atoms with Gasteiger partial charge < -0.3 is 14.4 Å². The minimum Gasteiger partial charge on any atom is -0.487 e. The summed E-state index contributed by atoms with van der Waals surface area (Å²) in [6.07, 6.45) is 0.793. The van der Waals surface area contributed by atoms with Crippen molar-refractivity contribution in [1.82, 2.24) is 0 Å². The first kappa shape index (κ1) is 20.0. The molecule has 0 saturated carbocycles. The Bertz CT molecular complexity index is 1050. The quantitative estimate of drug-likeness (QED) is 0.528. The summed E-state index contributed by atoms with van der Waals surface area (Å²) < 4.78 is 25.7. The van der Waals surface area contributed by atoms with Gasteiger partial charge in [-0.3, -0.25) is 4.79 Å². The fourth-order valence-electron chi connectivity index (χ4n) is 3.74. The highest BCUT2D eigenvalue weighted by Crippen LogP contribution is 2.40. The van der Waals surface area contributed by atoms with Gasteiger partial charge in [-0.1, -0.05) is 48.5 Å². The summed E-state index contributed by atoms with van der Waals surface area (Å²) in [5, 5.41) is 0. The molecule has 4 rings (SSSR count). The molecule has 0 spiro atoms. The molecule has 4 nitrogen and oxygen atoms in total. The van der Waals surface area contributed by atoms with Crippen molar-refractivity contribution in [3.63, 3.8) is 0 Å². The Labute approximate surface area is 175 Å². The number of rotatable bonds is 6. The van der Waals surface area contributed by atoms with Crippen molar-refractivity contribution in [2.75, 3.05) is 11.6 Å². The van der Waals surface area contributed by atoms with Gasteiger partial charge in [0, 0.05) is 12.0 Å². The molecule has 1 aliphatic rings. The molecule has 1 heterocycles. The van der Waals surface area contributed by atoms with Crippen molar-refractivity contribution < 1.29 is 18.7 Å². The number of ether oxygens (including phenoxy) is 2. The Balaban J connectivity index is 1.70. The lowest BCUT2D eigenvalue weighted by Crippen LogP contribution is -2.32. The molecule has 0 N–H and O–H groups in total. The van der Waals surface area contributed by atoms with Crippen molar-refractivity contribution in [2.45, 2.75) is 32.4 Å². The van der Waals surface area contributed by atoms with Crippen LogP contribution in [0.25, 0.3) is 0 Å². The van der Waals surface area contributed by atoms with Crippen LogP contribution in [-0.4, -0.2) is 18.2 Å². The Morgan fingerprint density at radius 3 is 2.53 bits per heavy atom. The largest absolute Gasteiger partial charge is 0.487 e. The van der Waals surface area contributed by atoms with E-state index < -0.39 is 12.6 Å². The van der Waals surface area contributed by atoms with Crippen molar-refractivity contribution in [1.29, 1.82) is 0 Å². The zero-order valence-electron chi connectivity index (χ0n) is 17.1. The molecule has 0 fully saturated rings. The average Bonchev–Trinajstić information content (AvgIpc) is 3.07. The number of anilines is 1. The molecule has 1 amide bonds. The molecule has 3 aromatic rings. The van der Waals surface area contributed by atoms with Gasteiger partial charge in [0.1, 0.15) is 17.1 Å². The van der Waals surface area contributed by atoms with Gasteiger partial charge in [-0.25, -0.2) is 4.39 Å². The molecule has 154 valence electrons. The predicted octanol–water partition coefficient (Wildman–Crippen LogP) is 5.70. The number of amides is 1. The molecule has 0 aromatic heterocycles. The van der Waals surface area contributed by atoms with Gasteiger partial charge in [0.15, 0.2) is 12.4 Å². The maximum atomic E-state index is 13.5. The van der Waals surface area contributed by atoms with Gasteiger partial charge in [-0.2, -0.15) is 0 Å². The van der Waals surface area contributed by atoms with Gasteiger partial charge in [0.25, 0.3) is 5.91 Å². The molecule has 5 heteroatoms. The zero-order chi connectivity index (χ0) is 21.1. The number of hydrogen-bond acceptors (Lipinski definition) is 3. The van der Waals surface area contributed by atoms with Gasteiger partial charge in [0.2, 0.25) is 0 Å². The number of para-hydroxylation sites is 4. The summed E-state index contributed by atoms with van der Waals surface area (Å²) in [4.78, 5) is 14.0. The molecule has 0 radical (unpaired) electrons. The second-order valence-electron chi connectivity index (χ2n) is 7.94. The first-order valence-corrected chi connectivity index (χ1v) is 9.95. The van der Waals surface area contributed by atoms with Gasteiger partial charge >= 0.3 is 0 Å². The van der Waals surface area contributed by atoms with E-state index in [9.17, 15) is 9.18 Å². The fraction of sp³-hybridized carbons (Fsp3) is 0.240. The molecule has 0 unspecified atom stereocenters. The summed E-state index contributed by atoms with van der Waals surface area (Å²) in [7, 11) is 0. The third-order valence-corrected chi connectivity index (χ3v) is 5.04. The molecule has 3 aromatic carbocycles. The van der Waals surface area contributed by atoms with E-state index in [4.69, 9.17) is 9.47 Å². The number of alkyl halides is 1. The smallest absolute Gasteiger partial charge is 0.258 e. The van der Waals surface area contributed by atoms with Gasteiger partial charge in [-0.15, -0.1) is 0 Å². The summed E-state index contributed by atoms with van der Waals surface area (Å²) in [5.74, 6) is 1.28.